The predicted octanol–water partition coefficient (Wildman–Crippen LogP) is 5.17. The van der Waals surface area contributed by atoms with E-state index in [9.17, 15) is 4.79 Å². The van der Waals surface area contributed by atoms with E-state index in [1.54, 1.807) is 45.2 Å². The van der Waals surface area contributed by atoms with Crippen LogP contribution in [0, 0.1) is 11.3 Å². The van der Waals surface area contributed by atoms with E-state index in [0.29, 0.717) is 23.6 Å². The molecule has 1 N–H and O–H groups in total. The number of carbonyl (C=O) groups excluding carboxylic acids is 1. The summed E-state index contributed by atoms with van der Waals surface area (Å²) in [7, 11) is 1.68. The van der Waals surface area contributed by atoms with Gasteiger partial charge in [-0.3, -0.25) is 4.79 Å². The van der Waals surface area contributed by atoms with Crippen LogP contribution in [0.5, 0.6) is 5.75 Å². The van der Waals surface area contributed by atoms with Crippen molar-refractivity contribution in [2.24, 2.45) is 0 Å². The number of nitrogens with one attached hydrogen (secondary N) is 1. The van der Waals surface area contributed by atoms with Gasteiger partial charge in [0.1, 0.15) is 5.75 Å². The number of carbonyl (C=O) groups is 1. The Kier molecular flexibility index (Phi) is 6.51. The molecule has 5 nitrogen and oxygen atoms in total. The molecule has 0 radical (unpaired) electrons. The number of anilines is 1. The van der Waals surface area contributed by atoms with E-state index in [0.717, 1.165) is 16.7 Å². The zero-order valence-corrected chi connectivity index (χ0v) is 17.3. The highest BCUT2D eigenvalue weighted by Crippen LogP contribution is 2.24. The highest BCUT2D eigenvalue weighted by molar-refractivity contribution is 5.97. The van der Waals surface area contributed by atoms with E-state index in [-0.39, 0.29) is 5.91 Å². The summed E-state index contributed by atoms with van der Waals surface area (Å²) in [6, 6.07) is 24.6. The molecule has 0 saturated heterocycles. The fraction of sp³-hybridized carbons (Fsp3) is 0.200. The average Bonchev–Trinajstić information content (AvgIpc) is 2.75. The molecule has 0 aromatic heterocycles. The van der Waals surface area contributed by atoms with E-state index in [1.807, 2.05) is 36.4 Å². The van der Waals surface area contributed by atoms with Crippen molar-refractivity contribution >= 4 is 11.6 Å². The Morgan fingerprint density at radius 1 is 0.933 bits per heavy atom. The fourth-order valence-electron chi connectivity index (χ4n) is 2.93. The Balaban J connectivity index is 1.64. The first-order chi connectivity index (χ1) is 14.4. The average molecular weight is 400 g/mol. The van der Waals surface area contributed by atoms with Gasteiger partial charge in [-0.2, -0.15) is 5.26 Å². The zero-order chi connectivity index (χ0) is 21.6. The highest BCUT2D eigenvalue weighted by atomic mass is 16.5. The minimum Gasteiger partial charge on any atom is -0.478 e. The molecular formula is C25H24N2O3. The van der Waals surface area contributed by atoms with E-state index in [2.05, 4.69) is 23.5 Å². The zero-order valence-electron chi connectivity index (χ0n) is 17.3. The fourth-order valence-corrected chi connectivity index (χ4v) is 2.93. The molecule has 0 fully saturated rings. The summed E-state index contributed by atoms with van der Waals surface area (Å²) in [6.45, 7) is 4.00. The van der Waals surface area contributed by atoms with Gasteiger partial charge in [-0.05, 0) is 66.9 Å². The van der Waals surface area contributed by atoms with Gasteiger partial charge in [0.25, 0.3) is 5.91 Å². The highest BCUT2D eigenvalue weighted by Gasteiger charge is 2.30. The summed E-state index contributed by atoms with van der Waals surface area (Å²) < 4.78 is 11.0. The summed E-state index contributed by atoms with van der Waals surface area (Å²) >= 11 is 0. The molecule has 30 heavy (non-hydrogen) atoms. The predicted molar refractivity (Wildman–Crippen MR) is 117 cm³/mol. The van der Waals surface area contributed by atoms with Gasteiger partial charge in [0.2, 0.25) is 0 Å². The lowest BCUT2D eigenvalue weighted by atomic mass is 10.0. The number of benzene rings is 3. The second-order valence-corrected chi connectivity index (χ2v) is 7.41. The van der Waals surface area contributed by atoms with Crippen molar-refractivity contribution in [2.75, 3.05) is 12.4 Å². The number of hydrogen-bond donors (Lipinski definition) is 1. The van der Waals surface area contributed by atoms with Crippen molar-refractivity contribution < 1.29 is 14.3 Å². The molecular weight excluding hydrogens is 376 g/mol. The lowest BCUT2D eigenvalue weighted by Crippen LogP contribution is -2.42. The molecule has 0 aliphatic rings. The van der Waals surface area contributed by atoms with Crippen LogP contribution in [-0.2, 0) is 16.1 Å². The maximum atomic E-state index is 12.7. The third kappa shape index (κ3) is 5.25. The standard InChI is InChI=1S/C25H24N2O3/c1-25(2,30-23-14-6-18(16-26)7-15-23)24(28)27-22-12-10-21(11-13-22)20-8-4-19(5-9-20)17-29-3/h4-15H,17H2,1-3H3,(H,27,28). The lowest BCUT2D eigenvalue weighted by Gasteiger charge is -2.25. The van der Waals surface area contributed by atoms with Crippen LogP contribution in [0.1, 0.15) is 25.0 Å². The quantitative estimate of drug-likeness (QED) is 0.594. The van der Waals surface area contributed by atoms with Crippen molar-refractivity contribution in [1.82, 2.24) is 0 Å². The largest absolute Gasteiger partial charge is 0.478 e. The maximum absolute atomic E-state index is 12.7. The van der Waals surface area contributed by atoms with Crippen molar-refractivity contribution in [3.63, 3.8) is 0 Å². The number of nitriles is 1. The minimum atomic E-state index is -1.08. The van der Waals surface area contributed by atoms with Crippen LogP contribution < -0.4 is 10.1 Å². The van der Waals surface area contributed by atoms with Crippen molar-refractivity contribution in [2.45, 2.75) is 26.1 Å². The summed E-state index contributed by atoms with van der Waals surface area (Å²) in [4.78, 5) is 12.7. The summed E-state index contributed by atoms with van der Waals surface area (Å²) in [5.41, 5.74) is 3.43. The molecule has 5 heteroatoms. The van der Waals surface area contributed by atoms with E-state index >= 15 is 0 Å². The first-order valence-corrected chi connectivity index (χ1v) is 9.60. The number of ether oxygens (including phenoxy) is 2. The summed E-state index contributed by atoms with van der Waals surface area (Å²) in [5, 5.41) is 11.8. The van der Waals surface area contributed by atoms with Gasteiger partial charge < -0.3 is 14.8 Å². The molecule has 1 amide bonds. The molecule has 0 saturated carbocycles. The molecule has 152 valence electrons. The van der Waals surface area contributed by atoms with Gasteiger partial charge >= 0.3 is 0 Å². The van der Waals surface area contributed by atoms with Gasteiger partial charge in [0.05, 0.1) is 18.2 Å². The molecule has 3 aromatic rings. The van der Waals surface area contributed by atoms with Crippen LogP contribution in [0.4, 0.5) is 5.69 Å². The topological polar surface area (TPSA) is 71.3 Å². The van der Waals surface area contributed by atoms with Crippen LogP contribution in [-0.4, -0.2) is 18.6 Å². The monoisotopic (exact) mass is 400 g/mol. The Labute approximate surface area is 176 Å². The number of methoxy groups -OCH3 is 1. The van der Waals surface area contributed by atoms with Crippen LogP contribution >= 0.6 is 0 Å². The SMILES string of the molecule is COCc1ccc(-c2ccc(NC(=O)C(C)(C)Oc3ccc(C#N)cc3)cc2)cc1. The van der Waals surface area contributed by atoms with Gasteiger partial charge in [0.15, 0.2) is 5.60 Å². The number of nitrogens with zero attached hydrogens (tertiary/aromatic N) is 1. The third-order valence-electron chi connectivity index (χ3n) is 4.64. The Morgan fingerprint density at radius 2 is 1.50 bits per heavy atom. The van der Waals surface area contributed by atoms with Gasteiger partial charge in [-0.1, -0.05) is 36.4 Å². The molecule has 0 heterocycles. The molecule has 3 aromatic carbocycles. The molecule has 0 aliphatic carbocycles. The molecule has 0 atom stereocenters. The molecule has 0 bridgehead atoms. The first-order valence-electron chi connectivity index (χ1n) is 9.60. The molecule has 0 spiro atoms. The molecule has 3 rings (SSSR count). The third-order valence-corrected chi connectivity index (χ3v) is 4.64. The van der Waals surface area contributed by atoms with Crippen molar-refractivity contribution in [3.05, 3.63) is 83.9 Å². The Hall–Kier alpha value is -3.62. The number of rotatable bonds is 7. The van der Waals surface area contributed by atoms with E-state index in [1.165, 1.54) is 0 Å². The number of hydrogen-bond acceptors (Lipinski definition) is 4. The van der Waals surface area contributed by atoms with Gasteiger partial charge in [-0.25, -0.2) is 0 Å². The second-order valence-electron chi connectivity index (χ2n) is 7.41. The summed E-state index contributed by atoms with van der Waals surface area (Å²) in [6.07, 6.45) is 0. The maximum Gasteiger partial charge on any atom is 0.267 e. The molecule has 0 aliphatic heterocycles. The van der Waals surface area contributed by atoms with Gasteiger partial charge in [-0.15, -0.1) is 0 Å². The normalized spacial score (nSPS) is 10.9. The van der Waals surface area contributed by atoms with Crippen LogP contribution in [0.15, 0.2) is 72.8 Å². The van der Waals surface area contributed by atoms with Crippen LogP contribution in [0.2, 0.25) is 0 Å². The molecule has 0 unspecified atom stereocenters. The van der Waals surface area contributed by atoms with Crippen molar-refractivity contribution in [3.8, 4) is 22.9 Å². The lowest BCUT2D eigenvalue weighted by molar-refractivity contribution is -0.128. The number of amides is 1. The van der Waals surface area contributed by atoms with Crippen LogP contribution in [0.25, 0.3) is 11.1 Å². The first kappa shape index (κ1) is 21.1. The second kappa shape index (κ2) is 9.25. The van der Waals surface area contributed by atoms with E-state index in [4.69, 9.17) is 14.7 Å². The minimum absolute atomic E-state index is 0.261. The van der Waals surface area contributed by atoms with Crippen molar-refractivity contribution in [1.29, 1.82) is 5.26 Å². The van der Waals surface area contributed by atoms with Gasteiger partial charge in [0, 0.05) is 12.8 Å². The Bertz CT molecular complexity index is 1030. The van der Waals surface area contributed by atoms with E-state index < -0.39 is 5.60 Å². The summed E-state index contributed by atoms with van der Waals surface area (Å²) in [5.74, 6) is 0.268. The Morgan fingerprint density at radius 3 is 2.03 bits per heavy atom. The van der Waals surface area contributed by atoms with Crippen LogP contribution in [0.3, 0.4) is 0 Å². The smallest absolute Gasteiger partial charge is 0.267 e.